The first-order chi connectivity index (χ1) is 9.02. The third-order valence-electron chi connectivity index (χ3n) is 2.79. The molecule has 6 heteroatoms. The third kappa shape index (κ3) is 3.05. The first-order valence-electron chi connectivity index (χ1n) is 6.37. The van der Waals surface area contributed by atoms with Crippen molar-refractivity contribution in [1.82, 2.24) is 19.7 Å². The van der Waals surface area contributed by atoms with Gasteiger partial charge in [-0.15, -0.1) is 0 Å². The molecule has 0 spiro atoms. The Morgan fingerprint density at radius 2 is 2.11 bits per heavy atom. The average molecular weight is 371 g/mol. The molecule has 102 valence electrons. The number of nitrogens with zero attached hydrogens (tertiary/aromatic N) is 4. The lowest BCUT2D eigenvalue weighted by molar-refractivity contribution is 0.630. The Bertz CT molecular complexity index is 576. The van der Waals surface area contributed by atoms with E-state index in [9.17, 15) is 0 Å². The van der Waals surface area contributed by atoms with E-state index in [1.807, 2.05) is 17.7 Å². The van der Waals surface area contributed by atoms with Gasteiger partial charge in [-0.2, -0.15) is 5.10 Å². The number of aromatic nitrogens is 4. The zero-order valence-electron chi connectivity index (χ0n) is 11.4. The van der Waals surface area contributed by atoms with Crippen LogP contribution >= 0.6 is 22.6 Å². The number of nitrogen functional groups attached to an aromatic ring is 1. The van der Waals surface area contributed by atoms with Gasteiger partial charge in [0.15, 0.2) is 5.82 Å². The van der Waals surface area contributed by atoms with Crippen molar-refractivity contribution in [1.29, 1.82) is 0 Å². The minimum atomic E-state index is 0.534. The van der Waals surface area contributed by atoms with E-state index < -0.39 is 0 Å². The molecule has 0 unspecified atom stereocenters. The van der Waals surface area contributed by atoms with E-state index in [0.29, 0.717) is 17.6 Å². The SMILES string of the molecule is CCn1nccc1-c1nc(N)c(I)c(CC(C)C)n1. The van der Waals surface area contributed by atoms with Crippen LogP contribution in [0, 0.1) is 9.49 Å². The Kier molecular flexibility index (Phi) is 4.38. The molecule has 0 aliphatic rings. The van der Waals surface area contributed by atoms with Crippen LogP contribution in [0.25, 0.3) is 11.5 Å². The molecular weight excluding hydrogens is 353 g/mol. The highest BCUT2D eigenvalue weighted by atomic mass is 127. The van der Waals surface area contributed by atoms with Crippen molar-refractivity contribution in [2.24, 2.45) is 5.92 Å². The molecule has 0 radical (unpaired) electrons. The Hall–Kier alpha value is -1.18. The summed E-state index contributed by atoms with van der Waals surface area (Å²) in [5, 5.41) is 4.25. The first-order valence-corrected chi connectivity index (χ1v) is 7.44. The molecule has 0 saturated carbocycles. The van der Waals surface area contributed by atoms with Crippen LogP contribution in [0.2, 0.25) is 0 Å². The monoisotopic (exact) mass is 371 g/mol. The summed E-state index contributed by atoms with van der Waals surface area (Å²) in [5.74, 6) is 1.74. The van der Waals surface area contributed by atoms with E-state index >= 15 is 0 Å². The summed E-state index contributed by atoms with van der Waals surface area (Å²) in [5.41, 5.74) is 7.93. The van der Waals surface area contributed by atoms with Crippen molar-refractivity contribution in [3.05, 3.63) is 21.5 Å². The number of halogens is 1. The molecule has 0 amide bonds. The number of hydrogen-bond acceptors (Lipinski definition) is 4. The van der Waals surface area contributed by atoms with Gasteiger partial charge in [0.25, 0.3) is 0 Å². The average Bonchev–Trinajstić information content (AvgIpc) is 2.82. The van der Waals surface area contributed by atoms with Crippen LogP contribution in [0.5, 0.6) is 0 Å². The topological polar surface area (TPSA) is 69.6 Å². The van der Waals surface area contributed by atoms with Gasteiger partial charge in [-0.25, -0.2) is 9.97 Å². The quantitative estimate of drug-likeness (QED) is 0.840. The maximum atomic E-state index is 6.01. The molecule has 0 aliphatic heterocycles. The van der Waals surface area contributed by atoms with Crippen molar-refractivity contribution in [3.63, 3.8) is 0 Å². The maximum Gasteiger partial charge on any atom is 0.180 e. The van der Waals surface area contributed by atoms with Crippen molar-refractivity contribution >= 4 is 28.4 Å². The normalized spacial score (nSPS) is 11.2. The molecule has 2 aromatic heterocycles. The molecule has 0 saturated heterocycles. The highest BCUT2D eigenvalue weighted by molar-refractivity contribution is 14.1. The van der Waals surface area contributed by atoms with E-state index in [-0.39, 0.29) is 0 Å². The van der Waals surface area contributed by atoms with Crippen LogP contribution in [0.3, 0.4) is 0 Å². The first kappa shape index (κ1) is 14.2. The summed E-state index contributed by atoms with van der Waals surface area (Å²) in [7, 11) is 0. The Morgan fingerprint density at radius 1 is 1.37 bits per heavy atom. The van der Waals surface area contributed by atoms with Crippen molar-refractivity contribution < 1.29 is 0 Å². The minimum Gasteiger partial charge on any atom is -0.383 e. The van der Waals surface area contributed by atoms with Gasteiger partial charge < -0.3 is 5.73 Å². The van der Waals surface area contributed by atoms with E-state index in [2.05, 4.69) is 51.5 Å². The molecular formula is C13H18IN5. The summed E-state index contributed by atoms with van der Waals surface area (Å²) in [4.78, 5) is 9.05. The maximum absolute atomic E-state index is 6.01. The molecule has 2 aromatic rings. The summed E-state index contributed by atoms with van der Waals surface area (Å²) < 4.78 is 2.83. The molecule has 0 aromatic carbocycles. The summed E-state index contributed by atoms with van der Waals surface area (Å²) in [6.45, 7) is 7.17. The third-order valence-corrected chi connectivity index (χ3v) is 3.97. The fourth-order valence-electron chi connectivity index (χ4n) is 1.92. The van der Waals surface area contributed by atoms with Crippen LogP contribution < -0.4 is 5.73 Å². The molecule has 2 rings (SSSR count). The smallest absolute Gasteiger partial charge is 0.180 e. The molecule has 0 bridgehead atoms. The van der Waals surface area contributed by atoms with Gasteiger partial charge >= 0.3 is 0 Å². The van der Waals surface area contributed by atoms with Crippen LogP contribution in [0.15, 0.2) is 12.3 Å². The lowest BCUT2D eigenvalue weighted by Crippen LogP contribution is -2.09. The predicted molar refractivity (Wildman–Crippen MR) is 84.6 cm³/mol. The zero-order valence-corrected chi connectivity index (χ0v) is 13.5. The van der Waals surface area contributed by atoms with Crippen LogP contribution in [-0.2, 0) is 13.0 Å². The standard InChI is InChI=1S/C13H18IN5/c1-4-19-10(5-6-16-19)13-17-9(7-8(2)3)11(14)12(15)18-13/h5-6,8H,4,7H2,1-3H3,(H2,15,17,18). The molecule has 0 atom stereocenters. The van der Waals surface area contributed by atoms with E-state index in [0.717, 1.165) is 27.9 Å². The van der Waals surface area contributed by atoms with Gasteiger partial charge in [0, 0.05) is 12.7 Å². The predicted octanol–water partition coefficient (Wildman–Crippen LogP) is 2.75. The van der Waals surface area contributed by atoms with Crippen molar-refractivity contribution in [2.45, 2.75) is 33.7 Å². The Balaban J connectivity index is 2.50. The highest BCUT2D eigenvalue weighted by Crippen LogP contribution is 2.23. The van der Waals surface area contributed by atoms with Gasteiger partial charge in [0.1, 0.15) is 11.5 Å². The van der Waals surface area contributed by atoms with E-state index in [1.54, 1.807) is 6.20 Å². The zero-order chi connectivity index (χ0) is 14.0. The summed E-state index contributed by atoms with van der Waals surface area (Å²) >= 11 is 2.22. The van der Waals surface area contributed by atoms with Crippen molar-refractivity contribution in [3.8, 4) is 11.5 Å². The summed E-state index contributed by atoms with van der Waals surface area (Å²) in [6, 6.07) is 1.92. The lowest BCUT2D eigenvalue weighted by Gasteiger charge is -2.11. The number of rotatable bonds is 4. The number of hydrogen-bond donors (Lipinski definition) is 1. The van der Waals surface area contributed by atoms with E-state index in [1.165, 1.54) is 0 Å². The van der Waals surface area contributed by atoms with Crippen LogP contribution in [0.1, 0.15) is 26.5 Å². The molecule has 0 fully saturated rings. The number of anilines is 1. The fourth-order valence-corrected chi connectivity index (χ4v) is 2.39. The molecule has 5 nitrogen and oxygen atoms in total. The van der Waals surface area contributed by atoms with E-state index in [4.69, 9.17) is 5.73 Å². The number of aryl methyl sites for hydroxylation is 1. The second-order valence-electron chi connectivity index (χ2n) is 4.82. The fraction of sp³-hybridized carbons (Fsp3) is 0.462. The minimum absolute atomic E-state index is 0.534. The van der Waals surface area contributed by atoms with Gasteiger partial charge in [-0.3, -0.25) is 4.68 Å². The van der Waals surface area contributed by atoms with Gasteiger partial charge in [-0.1, -0.05) is 13.8 Å². The second kappa shape index (κ2) is 5.85. The van der Waals surface area contributed by atoms with Crippen LogP contribution in [0.4, 0.5) is 5.82 Å². The number of nitrogens with two attached hydrogens (primary N) is 1. The Morgan fingerprint density at radius 3 is 2.74 bits per heavy atom. The lowest BCUT2D eigenvalue weighted by atomic mass is 10.1. The van der Waals surface area contributed by atoms with Gasteiger partial charge in [0.05, 0.1) is 9.26 Å². The Labute approximate surface area is 126 Å². The summed E-state index contributed by atoms with van der Waals surface area (Å²) in [6.07, 6.45) is 2.66. The largest absolute Gasteiger partial charge is 0.383 e. The molecule has 2 heterocycles. The highest BCUT2D eigenvalue weighted by Gasteiger charge is 2.14. The van der Waals surface area contributed by atoms with Gasteiger partial charge in [-0.05, 0) is 47.9 Å². The molecule has 0 aliphatic carbocycles. The van der Waals surface area contributed by atoms with Crippen molar-refractivity contribution in [2.75, 3.05) is 5.73 Å². The second-order valence-corrected chi connectivity index (χ2v) is 5.90. The molecule has 19 heavy (non-hydrogen) atoms. The molecule has 2 N–H and O–H groups in total. The van der Waals surface area contributed by atoms with Crippen LogP contribution in [-0.4, -0.2) is 19.7 Å². The van der Waals surface area contributed by atoms with Gasteiger partial charge in [0.2, 0.25) is 0 Å².